The standard InChI is InChI=1S/C24H32N4O4/c29-21-19(12-7-13-25-21)26-22(30)20-16-27(23(31)17-8-3-1-4-9-17)14-15-28(20)24(32)18-10-5-2-6-11-18/h2,5-6,10-11,17,19-20H,1,3-4,7-9,12-16H2,(H,25,29)(H,26,30)/t19-,20+/m1/s1. The van der Waals surface area contributed by atoms with Crippen LogP contribution in [0, 0.1) is 5.92 Å². The number of nitrogens with one attached hydrogen (secondary N) is 2. The molecule has 3 aliphatic rings. The third-order valence-electron chi connectivity index (χ3n) is 6.83. The zero-order valence-electron chi connectivity index (χ0n) is 18.4. The highest BCUT2D eigenvalue weighted by molar-refractivity contribution is 5.99. The zero-order chi connectivity index (χ0) is 22.5. The molecule has 1 saturated carbocycles. The van der Waals surface area contributed by atoms with E-state index in [1.807, 2.05) is 6.07 Å². The molecule has 1 aromatic rings. The maximum Gasteiger partial charge on any atom is 0.254 e. The van der Waals surface area contributed by atoms with Crippen LogP contribution >= 0.6 is 0 Å². The summed E-state index contributed by atoms with van der Waals surface area (Å²) in [5.41, 5.74) is 0.507. The third kappa shape index (κ3) is 4.95. The fourth-order valence-corrected chi connectivity index (χ4v) is 4.98. The van der Waals surface area contributed by atoms with Crippen LogP contribution in [0.25, 0.3) is 0 Å². The lowest BCUT2D eigenvalue weighted by molar-refractivity contribution is -0.142. The molecule has 0 spiro atoms. The highest BCUT2D eigenvalue weighted by atomic mass is 16.2. The van der Waals surface area contributed by atoms with Gasteiger partial charge in [0.25, 0.3) is 5.91 Å². The number of amides is 4. The van der Waals surface area contributed by atoms with Crippen LogP contribution in [-0.2, 0) is 14.4 Å². The van der Waals surface area contributed by atoms with Crippen molar-refractivity contribution in [3.63, 3.8) is 0 Å². The molecule has 172 valence electrons. The molecule has 2 atom stereocenters. The Hall–Kier alpha value is -2.90. The number of nitrogens with zero attached hydrogens (tertiary/aromatic N) is 2. The van der Waals surface area contributed by atoms with E-state index in [9.17, 15) is 19.2 Å². The minimum absolute atomic E-state index is 0.00737. The monoisotopic (exact) mass is 440 g/mol. The molecule has 2 N–H and O–H groups in total. The van der Waals surface area contributed by atoms with Gasteiger partial charge in [0.2, 0.25) is 17.7 Å². The summed E-state index contributed by atoms with van der Waals surface area (Å²) < 4.78 is 0. The number of piperazine rings is 1. The second-order valence-corrected chi connectivity index (χ2v) is 8.99. The van der Waals surface area contributed by atoms with E-state index in [-0.39, 0.29) is 36.1 Å². The molecule has 2 heterocycles. The lowest BCUT2D eigenvalue weighted by Crippen LogP contribution is -2.64. The summed E-state index contributed by atoms with van der Waals surface area (Å²) in [4.78, 5) is 55.1. The molecule has 1 aromatic carbocycles. The summed E-state index contributed by atoms with van der Waals surface area (Å²) in [6.45, 7) is 1.48. The van der Waals surface area contributed by atoms with Gasteiger partial charge in [0, 0.05) is 31.1 Å². The summed E-state index contributed by atoms with van der Waals surface area (Å²) in [6.07, 6.45) is 6.43. The number of benzene rings is 1. The quantitative estimate of drug-likeness (QED) is 0.738. The largest absolute Gasteiger partial charge is 0.354 e. The molecule has 0 radical (unpaired) electrons. The number of hydrogen-bond donors (Lipinski definition) is 2. The number of rotatable bonds is 4. The SMILES string of the molecule is O=C1NCCC[C@H]1NC(=O)[C@@H]1CN(C(=O)C2CCCCC2)CCN1C(=O)c1ccccc1. The summed E-state index contributed by atoms with van der Waals surface area (Å²) in [5.74, 6) is -0.713. The van der Waals surface area contributed by atoms with Gasteiger partial charge in [-0.15, -0.1) is 0 Å². The van der Waals surface area contributed by atoms with E-state index >= 15 is 0 Å². The number of carbonyl (C=O) groups is 4. The average molecular weight is 441 g/mol. The molecule has 0 bridgehead atoms. The molecule has 0 unspecified atom stereocenters. The van der Waals surface area contributed by atoms with Gasteiger partial charge in [-0.05, 0) is 37.8 Å². The molecule has 3 fully saturated rings. The Bertz CT molecular complexity index is 853. The molecule has 8 heteroatoms. The Morgan fingerprint density at radius 1 is 0.938 bits per heavy atom. The van der Waals surface area contributed by atoms with Crippen molar-refractivity contribution >= 4 is 23.6 Å². The van der Waals surface area contributed by atoms with Crippen molar-refractivity contribution in [2.75, 3.05) is 26.2 Å². The lowest BCUT2D eigenvalue weighted by Gasteiger charge is -2.42. The van der Waals surface area contributed by atoms with Crippen LogP contribution < -0.4 is 10.6 Å². The van der Waals surface area contributed by atoms with Gasteiger partial charge in [-0.2, -0.15) is 0 Å². The van der Waals surface area contributed by atoms with E-state index in [0.29, 0.717) is 31.6 Å². The van der Waals surface area contributed by atoms with E-state index in [0.717, 1.165) is 38.5 Å². The van der Waals surface area contributed by atoms with E-state index in [1.54, 1.807) is 34.1 Å². The average Bonchev–Trinajstić information content (AvgIpc) is 2.85. The van der Waals surface area contributed by atoms with Crippen LogP contribution in [0.5, 0.6) is 0 Å². The van der Waals surface area contributed by atoms with Crippen LogP contribution in [0.15, 0.2) is 30.3 Å². The van der Waals surface area contributed by atoms with Gasteiger partial charge < -0.3 is 20.4 Å². The van der Waals surface area contributed by atoms with Gasteiger partial charge in [0.15, 0.2) is 0 Å². The van der Waals surface area contributed by atoms with Gasteiger partial charge in [0.05, 0.1) is 6.54 Å². The molecule has 4 amide bonds. The summed E-state index contributed by atoms with van der Waals surface area (Å²) in [5, 5.41) is 5.60. The third-order valence-corrected chi connectivity index (χ3v) is 6.83. The van der Waals surface area contributed by atoms with E-state index in [1.165, 1.54) is 0 Å². The predicted molar refractivity (Wildman–Crippen MR) is 119 cm³/mol. The number of hydrogen-bond acceptors (Lipinski definition) is 4. The first-order chi connectivity index (χ1) is 15.5. The van der Waals surface area contributed by atoms with Gasteiger partial charge in [0.1, 0.15) is 12.1 Å². The minimum Gasteiger partial charge on any atom is -0.354 e. The first-order valence-electron chi connectivity index (χ1n) is 11.8. The van der Waals surface area contributed by atoms with Crippen molar-refractivity contribution in [1.82, 2.24) is 20.4 Å². The van der Waals surface area contributed by atoms with E-state index < -0.39 is 12.1 Å². The molecule has 2 saturated heterocycles. The van der Waals surface area contributed by atoms with Crippen molar-refractivity contribution < 1.29 is 19.2 Å². The molecule has 32 heavy (non-hydrogen) atoms. The second-order valence-electron chi connectivity index (χ2n) is 8.99. The minimum atomic E-state index is -0.821. The highest BCUT2D eigenvalue weighted by Crippen LogP contribution is 2.27. The smallest absolute Gasteiger partial charge is 0.254 e. The number of piperidine rings is 1. The van der Waals surface area contributed by atoms with Gasteiger partial charge in [-0.1, -0.05) is 37.5 Å². The van der Waals surface area contributed by atoms with Crippen LogP contribution in [0.1, 0.15) is 55.3 Å². The first-order valence-corrected chi connectivity index (χ1v) is 11.8. The predicted octanol–water partition coefficient (Wildman–Crippen LogP) is 1.31. The van der Waals surface area contributed by atoms with Gasteiger partial charge in [-0.25, -0.2) is 0 Å². The molecule has 2 aliphatic heterocycles. The molecule has 8 nitrogen and oxygen atoms in total. The van der Waals surface area contributed by atoms with E-state index in [2.05, 4.69) is 10.6 Å². The van der Waals surface area contributed by atoms with Crippen molar-refractivity contribution in [2.24, 2.45) is 5.92 Å². The molecule has 4 rings (SSSR count). The van der Waals surface area contributed by atoms with Gasteiger partial charge >= 0.3 is 0 Å². The Morgan fingerprint density at radius 2 is 1.69 bits per heavy atom. The maximum atomic E-state index is 13.3. The summed E-state index contributed by atoms with van der Waals surface area (Å²) in [7, 11) is 0. The summed E-state index contributed by atoms with van der Waals surface area (Å²) >= 11 is 0. The molecule has 1 aliphatic carbocycles. The van der Waals surface area contributed by atoms with Gasteiger partial charge in [-0.3, -0.25) is 19.2 Å². The fraction of sp³-hybridized carbons (Fsp3) is 0.583. The van der Waals surface area contributed by atoms with Crippen molar-refractivity contribution in [2.45, 2.75) is 57.0 Å². The Morgan fingerprint density at radius 3 is 2.41 bits per heavy atom. The number of carbonyl (C=O) groups excluding carboxylic acids is 4. The fourth-order valence-electron chi connectivity index (χ4n) is 4.98. The van der Waals surface area contributed by atoms with Crippen molar-refractivity contribution in [1.29, 1.82) is 0 Å². The zero-order valence-corrected chi connectivity index (χ0v) is 18.4. The van der Waals surface area contributed by atoms with Crippen molar-refractivity contribution in [3.05, 3.63) is 35.9 Å². The Balaban J connectivity index is 1.51. The molecule has 0 aromatic heterocycles. The second kappa shape index (κ2) is 10.1. The molecular formula is C24H32N4O4. The normalized spacial score (nSPS) is 24.6. The Labute approximate surface area is 188 Å². The van der Waals surface area contributed by atoms with Crippen LogP contribution in [-0.4, -0.2) is 71.7 Å². The van der Waals surface area contributed by atoms with Crippen LogP contribution in [0.4, 0.5) is 0 Å². The van der Waals surface area contributed by atoms with Crippen molar-refractivity contribution in [3.8, 4) is 0 Å². The van der Waals surface area contributed by atoms with Crippen LogP contribution in [0.3, 0.4) is 0 Å². The highest BCUT2D eigenvalue weighted by Gasteiger charge is 2.40. The van der Waals surface area contributed by atoms with E-state index in [4.69, 9.17) is 0 Å². The first kappa shape index (κ1) is 22.3. The lowest BCUT2D eigenvalue weighted by atomic mass is 9.88. The Kier molecular flexibility index (Phi) is 7.07. The van der Waals surface area contributed by atoms with Crippen LogP contribution in [0.2, 0.25) is 0 Å². The summed E-state index contributed by atoms with van der Waals surface area (Å²) in [6, 6.07) is 7.45. The molecular weight excluding hydrogens is 408 g/mol. The maximum absolute atomic E-state index is 13.3. The topological polar surface area (TPSA) is 98.8 Å².